The summed E-state index contributed by atoms with van der Waals surface area (Å²) in [6.07, 6.45) is -0.122. The zero-order valence-electron chi connectivity index (χ0n) is 10.9. The molecule has 1 amide bonds. The van der Waals surface area contributed by atoms with E-state index in [0.29, 0.717) is 10.7 Å². The van der Waals surface area contributed by atoms with E-state index in [1.165, 1.54) is 11.3 Å². The minimum Gasteiger partial charge on any atom is -0.481 e. The number of aliphatic carboxylic acids is 1. The van der Waals surface area contributed by atoms with Gasteiger partial charge in [-0.3, -0.25) is 9.59 Å². The lowest BCUT2D eigenvalue weighted by Gasteiger charge is -2.09. The van der Waals surface area contributed by atoms with Gasteiger partial charge in [0.05, 0.1) is 18.0 Å². The van der Waals surface area contributed by atoms with Crippen molar-refractivity contribution in [2.45, 2.75) is 19.3 Å². The van der Waals surface area contributed by atoms with Crippen LogP contribution in [0.15, 0.2) is 35.7 Å². The average molecular weight is 290 g/mol. The van der Waals surface area contributed by atoms with Gasteiger partial charge in [0.2, 0.25) is 5.91 Å². The molecule has 0 saturated carbocycles. The maximum absolute atomic E-state index is 12.1. The summed E-state index contributed by atoms with van der Waals surface area (Å²) in [5, 5.41) is 13.8. The van der Waals surface area contributed by atoms with Crippen molar-refractivity contribution >= 4 is 28.9 Å². The number of carbonyl (C=O) groups excluding carboxylic acids is 1. The summed E-state index contributed by atoms with van der Waals surface area (Å²) in [4.78, 5) is 26.9. The van der Waals surface area contributed by atoms with E-state index in [1.54, 1.807) is 12.3 Å². The maximum atomic E-state index is 12.1. The molecule has 104 valence electrons. The molecule has 0 aliphatic heterocycles. The van der Waals surface area contributed by atoms with Gasteiger partial charge in [-0.15, -0.1) is 11.3 Å². The largest absolute Gasteiger partial charge is 0.481 e. The molecular weight excluding hydrogens is 276 g/mol. The van der Waals surface area contributed by atoms with Gasteiger partial charge in [-0.2, -0.15) is 0 Å². The minimum atomic E-state index is -0.928. The van der Waals surface area contributed by atoms with Gasteiger partial charge in [0.1, 0.15) is 5.01 Å². The third-order valence-corrected chi connectivity index (χ3v) is 3.78. The standard InChI is InChI=1S/C14H14N2O3S/c1-9(13(19)15-10-5-3-2-4-6-10)14-16-11(8-20-14)7-12(17)18/h2-6,8-9H,7H2,1H3,(H,15,19)(H,17,18). The highest BCUT2D eigenvalue weighted by molar-refractivity contribution is 7.09. The van der Waals surface area contributed by atoms with Crippen molar-refractivity contribution in [1.82, 2.24) is 4.98 Å². The SMILES string of the molecule is CC(C(=O)Nc1ccccc1)c1nc(CC(=O)O)cs1. The summed E-state index contributed by atoms with van der Waals surface area (Å²) in [6.45, 7) is 1.75. The molecule has 1 atom stereocenters. The number of hydrogen-bond donors (Lipinski definition) is 2. The lowest BCUT2D eigenvalue weighted by Crippen LogP contribution is -2.18. The zero-order valence-corrected chi connectivity index (χ0v) is 11.7. The number of benzene rings is 1. The molecule has 0 bridgehead atoms. The van der Waals surface area contributed by atoms with E-state index in [9.17, 15) is 9.59 Å². The number of amides is 1. The monoisotopic (exact) mass is 290 g/mol. The van der Waals surface area contributed by atoms with Crippen molar-refractivity contribution in [3.63, 3.8) is 0 Å². The first-order valence-corrected chi connectivity index (χ1v) is 6.96. The molecule has 6 heteroatoms. The second kappa shape index (κ2) is 6.29. The Balaban J connectivity index is 2.03. The first kappa shape index (κ1) is 14.2. The highest BCUT2D eigenvalue weighted by Gasteiger charge is 2.19. The smallest absolute Gasteiger partial charge is 0.309 e. The third-order valence-electron chi connectivity index (χ3n) is 2.71. The Kier molecular flexibility index (Phi) is 4.47. The number of anilines is 1. The number of rotatable bonds is 5. The van der Waals surface area contributed by atoms with Crippen LogP contribution in [0.4, 0.5) is 5.69 Å². The number of carbonyl (C=O) groups is 2. The van der Waals surface area contributed by atoms with Crippen LogP contribution in [0.2, 0.25) is 0 Å². The molecule has 0 saturated heterocycles. The van der Waals surface area contributed by atoms with Crippen LogP contribution in [0.3, 0.4) is 0 Å². The zero-order chi connectivity index (χ0) is 14.5. The second-order valence-electron chi connectivity index (χ2n) is 4.32. The van der Waals surface area contributed by atoms with Crippen LogP contribution in [0, 0.1) is 0 Å². The van der Waals surface area contributed by atoms with E-state index in [1.807, 2.05) is 30.3 Å². The topological polar surface area (TPSA) is 79.3 Å². The number of nitrogens with one attached hydrogen (secondary N) is 1. The van der Waals surface area contributed by atoms with Gasteiger partial charge in [-0.25, -0.2) is 4.98 Å². The van der Waals surface area contributed by atoms with Gasteiger partial charge < -0.3 is 10.4 Å². The van der Waals surface area contributed by atoms with Crippen LogP contribution >= 0.6 is 11.3 Å². The van der Waals surface area contributed by atoms with E-state index >= 15 is 0 Å². The highest BCUT2D eigenvalue weighted by atomic mass is 32.1. The molecule has 1 heterocycles. The fraction of sp³-hybridized carbons (Fsp3) is 0.214. The number of aromatic nitrogens is 1. The minimum absolute atomic E-state index is 0.122. The van der Waals surface area contributed by atoms with Gasteiger partial charge in [0.25, 0.3) is 0 Å². The van der Waals surface area contributed by atoms with E-state index < -0.39 is 11.9 Å². The molecule has 0 spiro atoms. The normalized spacial score (nSPS) is 11.8. The van der Waals surface area contributed by atoms with Crippen LogP contribution in [-0.4, -0.2) is 22.0 Å². The summed E-state index contributed by atoms with van der Waals surface area (Å²) in [7, 11) is 0. The molecule has 1 aromatic heterocycles. The first-order chi connectivity index (χ1) is 9.56. The summed E-state index contributed by atoms with van der Waals surface area (Å²) in [5.74, 6) is -1.50. The molecule has 0 radical (unpaired) electrons. The molecule has 1 unspecified atom stereocenters. The van der Waals surface area contributed by atoms with Crippen molar-refractivity contribution in [2.75, 3.05) is 5.32 Å². The number of hydrogen-bond acceptors (Lipinski definition) is 4. The molecule has 2 rings (SSSR count). The van der Waals surface area contributed by atoms with Crippen LogP contribution in [0.1, 0.15) is 23.5 Å². The molecular formula is C14H14N2O3S. The number of thiazole rings is 1. The summed E-state index contributed by atoms with van der Waals surface area (Å²) in [6, 6.07) is 9.17. The Hall–Kier alpha value is -2.21. The summed E-state index contributed by atoms with van der Waals surface area (Å²) >= 11 is 1.30. The Bertz CT molecular complexity index is 610. The third kappa shape index (κ3) is 3.64. The molecule has 20 heavy (non-hydrogen) atoms. The lowest BCUT2D eigenvalue weighted by molar-refractivity contribution is -0.136. The van der Waals surface area contributed by atoms with Crippen LogP contribution in [0.5, 0.6) is 0 Å². The predicted octanol–water partition coefficient (Wildman–Crippen LogP) is 2.51. The van der Waals surface area contributed by atoms with Crippen molar-refractivity contribution in [3.05, 3.63) is 46.4 Å². The van der Waals surface area contributed by atoms with Crippen LogP contribution < -0.4 is 5.32 Å². The average Bonchev–Trinajstić information content (AvgIpc) is 2.86. The number of carboxylic acid groups (broad SMARTS) is 1. The Morgan fingerprint density at radius 2 is 2.05 bits per heavy atom. The van der Waals surface area contributed by atoms with E-state index in [2.05, 4.69) is 10.3 Å². The second-order valence-corrected chi connectivity index (χ2v) is 5.21. The van der Waals surface area contributed by atoms with Crippen LogP contribution in [0.25, 0.3) is 0 Å². The number of carboxylic acids is 1. The van der Waals surface area contributed by atoms with E-state index in [4.69, 9.17) is 5.11 Å². The Labute approximate surface area is 120 Å². The molecule has 0 fully saturated rings. The van der Waals surface area contributed by atoms with Crippen LogP contribution in [-0.2, 0) is 16.0 Å². The van der Waals surface area contributed by atoms with E-state index in [0.717, 1.165) is 5.69 Å². The van der Waals surface area contributed by atoms with Gasteiger partial charge >= 0.3 is 5.97 Å². The van der Waals surface area contributed by atoms with Crippen molar-refractivity contribution in [3.8, 4) is 0 Å². The fourth-order valence-electron chi connectivity index (χ4n) is 1.64. The van der Waals surface area contributed by atoms with Crippen molar-refractivity contribution < 1.29 is 14.7 Å². The molecule has 5 nitrogen and oxygen atoms in total. The Morgan fingerprint density at radius 3 is 2.70 bits per heavy atom. The summed E-state index contributed by atoms with van der Waals surface area (Å²) in [5.41, 5.74) is 1.21. The molecule has 0 aliphatic rings. The molecule has 1 aromatic carbocycles. The molecule has 2 aromatic rings. The summed E-state index contributed by atoms with van der Waals surface area (Å²) < 4.78 is 0. The lowest BCUT2D eigenvalue weighted by atomic mass is 10.1. The van der Waals surface area contributed by atoms with Gasteiger partial charge in [0, 0.05) is 11.1 Å². The quantitative estimate of drug-likeness (QED) is 0.886. The van der Waals surface area contributed by atoms with E-state index in [-0.39, 0.29) is 12.3 Å². The van der Waals surface area contributed by atoms with Gasteiger partial charge in [-0.1, -0.05) is 18.2 Å². The Morgan fingerprint density at radius 1 is 1.35 bits per heavy atom. The van der Waals surface area contributed by atoms with Gasteiger partial charge in [-0.05, 0) is 19.1 Å². The molecule has 0 aliphatic carbocycles. The first-order valence-electron chi connectivity index (χ1n) is 6.08. The highest BCUT2D eigenvalue weighted by Crippen LogP contribution is 2.22. The van der Waals surface area contributed by atoms with Crippen molar-refractivity contribution in [1.29, 1.82) is 0 Å². The fourth-order valence-corrected chi connectivity index (χ4v) is 2.52. The maximum Gasteiger partial charge on any atom is 0.309 e. The number of nitrogens with zero attached hydrogens (tertiary/aromatic N) is 1. The molecule has 2 N–H and O–H groups in total. The number of para-hydroxylation sites is 1. The van der Waals surface area contributed by atoms with Gasteiger partial charge in [0.15, 0.2) is 0 Å². The predicted molar refractivity (Wildman–Crippen MR) is 76.9 cm³/mol. The van der Waals surface area contributed by atoms with Crippen molar-refractivity contribution in [2.24, 2.45) is 0 Å².